The molecule has 6 nitrogen and oxygen atoms in total. The van der Waals surface area contributed by atoms with Gasteiger partial charge in [-0.1, -0.05) is 48.0 Å². The van der Waals surface area contributed by atoms with Crippen molar-refractivity contribution in [1.82, 2.24) is 9.88 Å². The number of rotatable bonds is 5. The molecule has 1 aliphatic heterocycles. The van der Waals surface area contributed by atoms with Gasteiger partial charge in [0.2, 0.25) is 5.78 Å². The van der Waals surface area contributed by atoms with Crippen LogP contribution in [0.4, 0.5) is 0 Å². The molecule has 1 amide bonds. The van der Waals surface area contributed by atoms with Crippen molar-refractivity contribution in [2.24, 2.45) is 0 Å². The quantitative estimate of drug-likeness (QED) is 0.424. The van der Waals surface area contributed by atoms with Crippen molar-refractivity contribution >= 4 is 34.3 Å². The summed E-state index contributed by atoms with van der Waals surface area (Å²) < 4.78 is 5.73. The van der Waals surface area contributed by atoms with E-state index in [0.717, 1.165) is 10.9 Å². The van der Waals surface area contributed by atoms with Crippen molar-refractivity contribution in [1.29, 1.82) is 0 Å². The Hall–Kier alpha value is -3.90. The smallest absolute Gasteiger partial charge is 0.290 e. The minimum absolute atomic E-state index is 0.0275. The van der Waals surface area contributed by atoms with Crippen LogP contribution < -0.4 is 0 Å². The number of pyridine rings is 1. The standard InChI is InChI=1S/C25H17ClN2O4/c26-18-9-7-16(8-10-18)22-21(23(29)20-12-17-5-1-2-6-19(17)32-20)24(30)25(31)28(22)14-15-4-3-11-27-13-15/h1-13,22,30H,14H2. The van der Waals surface area contributed by atoms with Gasteiger partial charge in [-0.05, 0) is 41.5 Å². The van der Waals surface area contributed by atoms with Crippen molar-refractivity contribution in [3.05, 3.63) is 112 Å². The van der Waals surface area contributed by atoms with E-state index in [0.29, 0.717) is 16.2 Å². The number of aliphatic hydroxyl groups is 1. The molecule has 1 unspecified atom stereocenters. The molecule has 0 bridgehead atoms. The fraction of sp³-hybridized carbons (Fsp3) is 0.0800. The first-order valence-electron chi connectivity index (χ1n) is 9.94. The highest BCUT2D eigenvalue weighted by atomic mass is 35.5. The first-order chi connectivity index (χ1) is 15.5. The SMILES string of the molecule is O=C(C1=C(O)C(=O)N(Cc2cccnc2)C1c1ccc(Cl)cc1)c1cc2ccccc2o1. The number of aliphatic hydroxyl groups excluding tert-OH is 1. The minimum Gasteiger partial charge on any atom is -0.503 e. The Balaban J connectivity index is 1.60. The molecular formula is C25H17ClN2O4. The van der Waals surface area contributed by atoms with Gasteiger partial charge in [0.15, 0.2) is 11.5 Å². The van der Waals surface area contributed by atoms with Crippen LogP contribution >= 0.6 is 11.6 Å². The first kappa shape index (κ1) is 20.0. The van der Waals surface area contributed by atoms with E-state index in [4.69, 9.17) is 16.0 Å². The van der Waals surface area contributed by atoms with Crippen LogP contribution in [-0.2, 0) is 11.3 Å². The summed E-state index contributed by atoms with van der Waals surface area (Å²) >= 11 is 6.05. The average Bonchev–Trinajstić information content (AvgIpc) is 3.35. The van der Waals surface area contributed by atoms with E-state index >= 15 is 0 Å². The zero-order chi connectivity index (χ0) is 22.2. The number of ketones is 1. The van der Waals surface area contributed by atoms with E-state index < -0.39 is 23.5 Å². The van der Waals surface area contributed by atoms with Crippen LogP contribution in [0.5, 0.6) is 0 Å². The predicted octanol–water partition coefficient (Wildman–Crippen LogP) is 5.26. The molecule has 4 aromatic rings. The van der Waals surface area contributed by atoms with E-state index in [9.17, 15) is 14.7 Å². The Morgan fingerprint density at radius 1 is 1.09 bits per heavy atom. The zero-order valence-electron chi connectivity index (χ0n) is 16.7. The van der Waals surface area contributed by atoms with Crippen LogP contribution in [-0.4, -0.2) is 26.7 Å². The van der Waals surface area contributed by atoms with Gasteiger partial charge >= 0.3 is 0 Å². The molecule has 0 aliphatic carbocycles. The van der Waals surface area contributed by atoms with Crippen molar-refractivity contribution in [2.75, 3.05) is 0 Å². The molecule has 5 rings (SSSR count). The van der Waals surface area contributed by atoms with E-state index in [1.165, 1.54) is 4.90 Å². The Bertz CT molecular complexity index is 1330. The number of benzene rings is 2. The maximum atomic E-state index is 13.5. The number of hydrogen-bond donors (Lipinski definition) is 1. The second-order valence-corrected chi connectivity index (χ2v) is 7.92. The number of nitrogens with zero attached hydrogens (tertiary/aromatic N) is 2. The van der Waals surface area contributed by atoms with Gasteiger partial charge in [-0.3, -0.25) is 14.6 Å². The van der Waals surface area contributed by atoms with E-state index in [1.807, 2.05) is 24.3 Å². The molecule has 1 N–H and O–H groups in total. The summed E-state index contributed by atoms with van der Waals surface area (Å²) in [4.78, 5) is 32.1. The summed E-state index contributed by atoms with van der Waals surface area (Å²) in [6, 6.07) is 18.5. The number of Topliss-reactive ketones (excluding diaryl/α,β-unsaturated/α-hetero) is 1. The Morgan fingerprint density at radius 3 is 2.59 bits per heavy atom. The maximum Gasteiger partial charge on any atom is 0.290 e. The number of carbonyl (C=O) groups is 2. The van der Waals surface area contributed by atoms with Gasteiger partial charge in [-0.15, -0.1) is 0 Å². The van der Waals surface area contributed by atoms with Crippen molar-refractivity contribution in [2.45, 2.75) is 12.6 Å². The maximum absolute atomic E-state index is 13.5. The van der Waals surface area contributed by atoms with E-state index in [2.05, 4.69) is 4.98 Å². The molecule has 0 saturated heterocycles. The van der Waals surface area contributed by atoms with Crippen LogP contribution in [0.1, 0.15) is 27.7 Å². The number of halogens is 1. The summed E-state index contributed by atoms with van der Waals surface area (Å²) in [5.41, 5.74) is 1.94. The summed E-state index contributed by atoms with van der Waals surface area (Å²) in [5.74, 6) is -1.70. The van der Waals surface area contributed by atoms with Crippen LogP contribution in [0.25, 0.3) is 11.0 Å². The molecule has 1 atom stereocenters. The third kappa shape index (κ3) is 3.44. The number of aromatic nitrogens is 1. The topological polar surface area (TPSA) is 83.6 Å². The molecule has 7 heteroatoms. The van der Waals surface area contributed by atoms with Gasteiger partial charge in [0.25, 0.3) is 5.91 Å². The predicted molar refractivity (Wildman–Crippen MR) is 119 cm³/mol. The number of fused-ring (bicyclic) bond motifs is 1. The van der Waals surface area contributed by atoms with Gasteiger partial charge < -0.3 is 14.4 Å². The fourth-order valence-corrected chi connectivity index (χ4v) is 4.08. The van der Waals surface area contributed by atoms with Gasteiger partial charge in [-0.25, -0.2) is 0 Å². The van der Waals surface area contributed by atoms with Gasteiger partial charge in [0, 0.05) is 29.3 Å². The van der Waals surface area contributed by atoms with Crippen molar-refractivity contribution in [3.8, 4) is 0 Å². The summed E-state index contributed by atoms with van der Waals surface area (Å²) in [7, 11) is 0. The van der Waals surface area contributed by atoms with E-state index in [-0.39, 0.29) is 17.9 Å². The second-order valence-electron chi connectivity index (χ2n) is 7.49. The third-order valence-corrected chi connectivity index (χ3v) is 5.71. The van der Waals surface area contributed by atoms with Crippen molar-refractivity contribution < 1.29 is 19.1 Å². The summed E-state index contributed by atoms with van der Waals surface area (Å²) in [5, 5.41) is 12.1. The molecule has 2 aromatic heterocycles. The van der Waals surface area contributed by atoms with E-state index in [1.54, 1.807) is 54.9 Å². The Morgan fingerprint density at radius 2 is 1.88 bits per heavy atom. The van der Waals surface area contributed by atoms with Crippen LogP contribution in [0.2, 0.25) is 5.02 Å². The molecule has 1 aliphatic rings. The lowest BCUT2D eigenvalue weighted by Gasteiger charge is -2.26. The van der Waals surface area contributed by atoms with Gasteiger partial charge in [0.1, 0.15) is 5.58 Å². The highest BCUT2D eigenvalue weighted by Gasteiger charge is 2.44. The lowest BCUT2D eigenvalue weighted by atomic mass is 9.95. The number of carbonyl (C=O) groups excluding carboxylic acids is 2. The lowest BCUT2D eigenvalue weighted by Crippen LogP contribution is -2.30. The molecule has 0 spiro atoms. The first-order valence-corrected chi connectivity index (χ1v) is 10.3. The van der Waals surface area contributed by atoms with Gasteiger partial charge in [-0.2, -0.15) is 0 Å². The normalized spacial score (nSPS) is 16.2. The van der Waals surface area contributed by atoms with Crippen LogP contribution in [0, 0.1) is 0 Å². The molecular weight excluding hydrogens is 428 g/mol. The minimum atomic E-state index is -0.805. The van der Waals surface area contributed by atoms with Crippen molar-refractivity contribution in [3.63, 3.8) is 0 Å². The largest absolute Gasteiger partial charge is 0.503 e. The Labute approximate surface area is 188 Å². The van der Waals surface area contributed by atoms with Crippen LogP contribution in [0.15, 0.2) is 94.9 Å². The zero-order valence-corrected chi connectivity index (χ0v) is 17.5. The summed E-state index contributed by atoms with van der Waals surface area (Å²) in [6.07, 6.45) is 3.28. The lowest BCUT2D eigenvalue weighted by molar-refractivity contribution is -0.130. The highest BCUT2D eigenvalue weighted by Crippen LogP contribution is 2.40. The third-order valence-electron chi connectivity index (χ3n) is 5.46. The molecule has 2 aromatic carbocycles. The average molecular weight is 445 g/mol. The van der Waals surface area contributed by atoms with Crippen LogP contribution in [0.3, 0.4) is 0 Å². The fourth-order valence-electron chi connectivity index (χ4n) is 3.96. The molecule has 0 saturated carbocycles. The number of hydrogen-bond acceptors (Lipinski definition) is 5. The molecule has 0 fully saturated rings. The molecule has 0 radical (unpaired) electrons. The molecule has 3 heterocycles. The molecule has 32 heavy (non-hydrogen) atoms. The number of furan rings is 1. The van der Waals surface area contributed by atoms with Gasteiger partial charge in [0.05, 0.1) is 11.6 Å². The monoisotopic (exact) mass is 444 g/mol. The molecule has 158 valence electrons. The number of para-hydroxylation sites is 1. The Kier molecular flexibility index (Phi) is 4.99. The summed E-state index contributed by atoms with van der Waals surface area (Å²) in [6.45, 7) is 0.168. The second kappa shape index (κ2) is 7.98. The highest BCUT2D eigenvalue weighted by molar-refractivity contribution is 6.30. The number of amides is 1.